The van der Waals surface area contributed by atoms with Crippen LogP contribution in [0.25, 0.3) is 0 Å². The largest absolute Gasteiger partial charge is 0.458 e. The SMILES string of the molecule is C[C@@H]1OC(C(=O)OCc2ccc([N+](=O)[O-])cc2)N2O[C@@H](CCO)[C@@H]12. The van der Waals surface area contributed by atoms with E-state index in [1.165, 1.54) is 29.3 Å². The number of aliphatic hydroxyl groups is 1. The van der Waals surface area contributed by atoms with Gasteiger partial charge in [-0.25, -0.2) is 4.79 Å². The number of hydrogen-bond acceptors (Lipinski definition) is 8. The van der Waals surface area contributed by atoms with E-state index in [1.807, 2.05) is 6.92 Å². The third-order valence-electron chi connectivity index (χ3n) is 4.13. The molecule has 0 aliphatic carbocycles. The number of nitro groups is 1. The minimum Gasteiger partial charge on any atom is -0.458 e. The molecule has 2 heterocycles. The lowest BCUT2D eigenvalue weighted by Crippen LogP contribution is -2.61. The van der Waals surface area contributed by atoms with Crippen molar-refractivity contribution >= 4 is 11.7 Å². The molecule has 0 amide bonds. The first-order valence-electron chi connectivity index (χ1n) is 7.62. The summed E-state index contributed by atoms with van der Waals surface area (Å²) in [7, 11) is 0. The highest BCUT2D eigenvalue weighted by Gasteiger charge is 2.56. The first-order chi connectivity index (χ1) is 11.5. The second-order valence-corrected chi connectivity index (χ2v) is 5.73. The van der Waals surface area contributed by atoms with E-state index in [2.05, 4.69) is 0 Å². The van der Waals surface area contributed by atoms with Crippen LogP contribution in [0.2, 0.25) is 0 Å². The molecule has 9 nitrogen and oxygen atoms in total. The van der Waals surface area contributed by atoms with Crippen LogP contribution in [0, 0.1) is 10.1 Å². The Kier molecular flexibility index (Phi) is 4.76. The molecule has 1 aromatic rings. The van der Waals surface area contributed by atoms with Gasteiger partial charge in [0, 0.05) is 25.2 Å². The summed E-state index contributed by atoms with van der Waals surface area (Å²) in [5.41, 5.74) is 0.615. The monoisotopic (exact) mass is 338 g/mol. The quantitative estimate of drug-likeness (QED) is 0.459. The van der Waals surface area contributed by atoms with Crippen LogP contribution < -0.4 is 0 Å². The van der Waals surface area contributed by atoms with E-state index in [1.54, 1.807) is 0 Å². The summed E-state index contributed by atoms with van der Waals surface area (Å²) in [5.74, 6) is -0.579. The molecule has 0 saturated carbocycles. The zero-order valence-corrected chi connectivity index (χ0v) is 13.0. The summed E-state index contributed by atoms with van der Waals surface area (Å²) < 4.78 is 10.8. The van der Waals surface area contributed by atoms with E-state index in [0.29, 0.717) is 12.0 Å². The molecule has 2 saturated heterocycles. The predicted octanol–water partition coefficient (Wildman–Crippen LogP) is 0.750. The molecule has 0 radical (unpaired) electrons. The number of nitro benzene ring substituents is 1. The van der Waals surface area contributed by atoms with Crippen LogP contribution in [0.5, 0.6) is 0 Å². The van der Waals surface area contributed by atoms with Crippen LogP contribution in [-0.4, -0.2) is 52.1 Å². The number of nitrogens with zero attached hydrogens (tertiary/aromatic N) is 2. The van der Waals surface area contributed by atoms with Gasteiger partial charge in [0.15, 0.2) is 0 Å². The standard InChI is InChI=1S/C15H18N2O7/c1-9-13-12(6-7-18)24-16(13)14(23-9)15(19)22-8-10-2-4-11(5-3-10)17(20)21/h2-5,9,12-14,18H,6-8H2,1H3/t9-,12-,13+,14?/m0/s1. The molecule has 0 bridgehead atoms. The first-order valence-corrected chi connectivity index (χ1v) is 7.62. The Bertz CT molecular complexity index is 621. The fraction of sp³-hybridized carbons (Fsp3) is 0.533. The van der Waals surface area contributed by atoms with Crippen LogP contribution in [0.1, 0.15) is 18.9 Å². The average molecular weight is 338 g/mol. The van der Waals surface area contributed by atoms with E-state index >= 15 is 0 Å². The van der Waals surface area contributed by atoms with Gasteiger partial charge in [-0.15, -0.1) is 5.06 Å². The fourth-order valence-corrected chi connectivity index (χ4v) is 2.91. The molecule has 0 aromatic heterocycles. The minimum absolute atomic E-state index is 0.0103. The van der Waals surface area contributed by atoms with Crippen molar-refractivity contribution in [1.82, 2.24) is 5.06 Å². The zero-order valence-electron chi connectivity index (χ0n) is 13.0. The van der Waals surface area contributed by atoms with Crippen molar-refractivity contribution in [1.29, 1.82) is 0 Å². The number of rotatable bonds is 6. The molecule has 0 spiro atoms. The lowest BCUT2D eigenvalue weighted by Gasteiger charge is -2.43. The number of benzene rings is 1. The van der Waals surface area contributed by atoms with Gasteiger partial charge in [0.2, 0.25) is 6.23 Å². The van der Waals surface area contributed by atoms with Gasteiger partial charge in [-0.2, -0.15) is 0 Å². The molecule has 9 heteroatoms. The van der Waals surface area contributed by atoms with Gasteiger partial charge >= 0.3 is 5.97 Å². The second kappa shape index (κ2) is 6.81. The second-order valence-electron chi connectivity index (χ2n) is 5.73. The van der Waals surface area contributed by atoms with Crippen molar-refractivity contribution in [3.63, 3.8) is 0 Å². The van der Waals surface area contributed by atoms with Crippen molar-refractivity contribution in [2.75, 3.05) is 6.61 Å². The highest BCUT2D eigenvalue weighted by atomic mass is 16.8. The summed E-state index contributed by atoms with van der Waals surface area (Å²) in [5, 5.41) is 21.0. The first kappa shape index (κ1) is 16.8. The molecule has 2 aliphatic heterocycles. The van der Waals surface area contributed by atoms with Gasteiger partial charge < -0.3 is 14.6 Å². The molecule has 3 rings (SSSR count). The molecule has 1 unspecified atom stereocenters. The number of ether oxygens (including phenoxy) is 2. The average Bonchev–Trinajstić information content (AvgIpc) is 2.80. The van der Waals surface area contributed by atoms with E-state index < -0.39 is 17.1 Å². The lowest BCUT2D eigenvalue weighted by molar-refractivity contribution is -0.384. The molecule has 1 N–H and O–H groups in total. The van der Waals surface area contributed by atoms with Gasteiger partial charge in [-0.3, -0.25) is 15.0 Å². The Hall–Kier alpha value is -2.07. The summed E-state index contributed by atoms with van der Waals surface area (Å²) >= 11 is 0. The van der Waals surface area contributed by atoms with Crippen molar-refractivity contribution < 1.29 is 29.1 Å². The number of fused-ring (bicyclic) bond motifs is 1. The number of aliphatic hydroxyl groups excluding tert-OH is 1. The lowest BCUT2D eigenvalue weighted by atomic mass is 10.0. The summed E-state index contributed by atoms with van der Waals surface area (Å²) in [6.45, 7) is 1.84. The van der Waals surface area contributed by atoms with Crippen LogP contribution in [-0.2, 0) is 25.7 Å². The Balaban J connectivity index is 1.53. The normalized spacial score (nSPS) is 28.9. The van der Waals surface area contributed by atoms with E-state index in [9.17, 15) is 14.9 Å². The van der Waals surface area contributed by atoms with Crippen molar-refractivity contribution in [3.05, 3.63) is 39.9 Å². The third-order valence-corrected chi connectivity index (χ3v) is 4.13. The Morgan fingerprint density at radius 3 is 2.75 bits per heavy atom. The maximum Gasteiger partial charge on any atom is 0.353 e. The number of non-ortho nitro benzene ring substituents is 1. The Morgan fingerprint density at radius 1 is 1.42 bits per heavy atom. The van der Waals surface area contributed by atoms with E-state index in [4.69, 9.17) is 19.4 Å². The Morgan fingerprint density at radius 2 is 2.12 bits per heavy atom. The number of hydroxylamine groups is 2. The van der Waals surface area contributed by atoms with Crippen LogP contribution in [0.4, 0.5) is 5.69 Å². The zero-order chi connectivity index (χ0) is 17.3. The van der Waals surface area contributed by atoms with E-state index in [-0.39, 0.29) is 37.2 Å². The maximum atomic E-state index is 12.2. The molecule has 1 aromatic carbocycles. The van der Waals surface area contributed by atoms with Crippen molar-refractivity contribution in [3.8, 4) is 0 Å². The smallest absolute Gasteiger partial charge is 0.353 e. The van der Waals surface area contributed by atoms with Crippen LogP contribution in [0.15, 0.2) is 24.3 Å². The predicted molar refractivity (Wildman–Crippen MR) is 79.4 cm³/mol. The molecular formula is C15H18N2O7. The van der Waals surface area contributed by atoms with Crippen LogP contribution in [0.3, 0.4) is 0 Å². The highest BCUT2D eigenvalue weighted by Crippen LogP contribution is 2.37. The molecule has 2 fully saturated rings. The fourth-order valence-electron chi connectivity index (χ4n) is 2.91. The van der Waals surface area contributed by atoms with E-state index in [0.717, 1.165) is 0 Å². The van der Waals surface area contributed by atoms with Gasteiger partial charge in [-0.05, 0) is 24.6 Å². The minimum atomic E-state index is -0.932. The Labute approximate surface area is 137 Å². The number of hydrogen-bond donors (Lipinski definition) is 1. The number of esters is 1. The van der Waals surface area contributed by atoms with Crippen molar-refractivity contribution in [2.45, 2.75) is 44.4 Å². The topological polar surface area (TPSA) is 111 Å². The molecule has 130 valence electrons. The molecular weight excluding hydrogens is 320 g/mol. The van der Waals surface area contributed by atoms with Gasteiger partial charge in [0.25, 0.3) is 5.69 Å². The van der Waals surface area contributed by atoms with Gasteiger partial charge in [0.05, 0.1) is 17.1 Å². The molecule has 4 atom stereocenters. The van der Waals surface area contributed by atoms with Crippen LogP contribution >= 0.6 is 0 Å². The maximum absolute atomic E-state index is 12.2. The number of carbonyl (C=O) groups excluding carboxylic acids is 1. The highest BCUT2D eigenvalue weighted by molar-refractivity contribution is 5.74. The summed E-state index contributed by atoms with van der Waals surface area (Å²) in [4.78, 5) is 27.7. The molecule has 24 heavy (non-hydrogen) atoms. The third kappa shape index (κ3) is 3.11. The molecule has 2 aliphatic rings. The van der Waals surface area contributed by atoms with Crippen molar-refractivity contribution in [2.24, 2.45) is 0 Å². The number of carbonyl (C=O) groups is 1. The summed E-state index contributed by atoms with van der Waals surface area (Å²) in [6, 6.07) is 5.69. The van der Waals surface area contributed by atoms with Gasteiger partial charge in [0.1, 0.15) is 12.7 Å². The summed E-state index contributed by atoms with van der Waals surface area (Å²) in [6.07, 6.45) is -0.804. The van der Waals surface area contributed by atoms with Gasteiger partial charge in [-0.1, -0.05) is 0 Å².